The molecule has 2 unspecified atom stereocenters. The van der Waals surface area contributed by atoms with E-state index in [1.54, 1.807) is 13.8 Å². The molecule has 0 radical (unpaired) electrons. The van der Waals surface area contributed by atoms with Gasteiger partial charge in [0, 0.05) is 0 Å². The van der Waals surface area contributed by atoms with E-state index in [1.807, 2.05) is 72.4 Å². The monoisotopic (exact) mass is 574 g/mol. The van der Waals surface area contributed by atoms with E-state index < -0.39 is 26.8 Å². The minimum Gasteiger partial charge on any atom is -0.303 e. The van der Waals surface area contributed by atoms with E-state index in [4.69, 9.17) is 9.05 Å². The lowest BCUT2D eigenvalue weighted by atomic mass is 9.90. The fraction of sp³-hybridized carbons (Fsp3) is 0.538. The molecule has 0 aliphatic heterocycles. The number of thioether (sulfide) groups is 1. The minimum atomic E-state index is -4.62. The number of rotatable bonds is 18. The van der Waals surface area contributed by atoms with Gasteiger partial charge in [0.05, 0.1) is 0 Å². The molecule has 0 saturated heterocycles. The number of phosphoric acid groups is 2. The fourth-order valence-electron chi connectivity index (χ4n) is 4.38. The summed E-state index contributed by atoms with van der Waals surface area (Å²) in [4.78, 5) is 37.5. The number of hydrogen-bond acceptors (Lipinski definition) is 5. The number of hydrogen-bond donors (Lipinski definition) is 4. The fourth-order valence-corrected chi connectivity index (χ4v) is 6.84. The number of unbranched alkanes of at least 4 members (excludes halogenated alkanes) is 4. The van der Waals surface area contributed by atoms with Crippen molar-refractivity contribution in [2.75, 3.05) is 11.5 Å². The molecule has 208 valence electrons. The van der Waals surface area contributed by atoms with Gasteiger partial charge < -0.3 is 19.6 Å². The zero-order chi connectivity index (χ0) is 27.4. The molecule has 4 N–H and O–H groups in total. The third kappa shape index (κ3) is 12.6. The smallest absolute Gasteiger partial charge is 0.303 e. The van der Waals surface area contributed by atoms with E-state index in [0.717, 1.165) is 61.2 Å². The average Bonchev–Trinajstić information content (AvgIpc) is 2.81. The predicted molar refractivity (Wildman–Crippen MR) is 148 cm³/mol. The molecule has 0 aromatic heterocycles. The average molecular weight is 575 g/mol. The molecule has 0 heterocycles. The van der Waals surface area contributed by atoms with Gasteiger partial charge in [0.1, 0.15) is 11.2 Å². The molecular weight excluding hydrogens is 534 g/mol. The van der Waals surface area contributed by atoms with Crippen molar-refractivity contribution in [1.82, 2.24) is 0 Å². The molecule has 0 bridgehead atoms. The first kappa shape index (κ1) is 32.2. The van der Waals surface area contributed by atoms with Gasteiger partial charge >= 0.3 is 15.6 Å². The lowest BCUT2D eigenvalue weighted by Crippen LogP contribution is -2.24. The van der Waals surface area contributed by atoms with Crippen molar-refractivity contribution in [2.45, 2.75) is 76.4 Å². The lowest BCUT2D eigenvalue weighted by molar-refractivity contribution is 0.0357. The van der Waals surface area contributed by atoms with Gasteiger partial charge in [-0.3, -0.25) is 9.05 Å². The second kappa shape index (κ2) is 15.0. The Hall–Kier alpha value is -0.990. The summed E-state index contributed by atoms with van der Waals surface area (Å²) in [6.07, 6.45) is 6.52. The molecule has 37 heavy (non-hydrogen) atoms. The van der Waals surface area contributed by atoms with Crippen LogP contribution in [0.3, 0.4) is 0 Å². The third-order valence-electron chi connectivity index (χ3n) is 6.29. The summed E-state index contributed by atoms with van der Waals surface area (Å²) in [6.45, 7) is 3.45. The van der Waals surface area contributed by atoms with Gasteiger partial charge in [0.2, 0.25) is 0 Å². The normalized spacial score (nSPS) is 15.7. The Bertz CT molecular complexity index is 932. The largest absolute Gasteiger partial charge is 0.470 e. The maximum atomic E-state index is 11.5. The van der Waals surface area contributed by atoms with Crippen LogP contribution in [0.4, 0.5) is 0 Å². The van der Waals surface area contributed by atoms with Crippen molar-refractivity contribution in [3.63, 3.8) is 0 Å². The highest BCUT2D eigenvalue weighted by atomic mass is 32.2. The SMILES string of the molecule is CC(CCCCCSCCCCCC(C)(OP(=O)(O)O)c1ccccc1)(OP(=O)(O)O)c1ccccc1. The van der Waals surface area contributed by atoms with Crippen molar-refractivity contribution in [2.24, 2.45) is 0 Å². The molecule has 0 fully saturated rings. The minimum absolute atomic E-state index is 0.518. The van der Waals surface area contributed by atoms with Crippen LogP contribution in [-0.2, 0) is 29.4 Å². The van der Waals surface area contributed by atoms with Gasteiger partial charge in [-0.05, 0) is 62.2 Å². The second-order valence-corrected chi connectivity index (χ2v) is 13.1. The van der Waals surface area contributed by atoms with Crippen LogP contribution in [0, 0.1) is 0 Å². The molecular formula is C26H40O8P2S. The zero-order valence-electron chi connectivity index (χ0n) is 21.6. The Morgan fingerprint density at radius 1 is 0.622 bits per heavy atom. The Balaban J connectivity index is 1.65. The summed E-state index contributed by atoms with van der Waals surface area (Å²) in [5.41, 5.74) is -0.569. The Labute approximate surface area is 224 Å². The van der Waals surface area contributed by atoms with Crippen molar-refractivity contribution >= 4 is 27.4 Å². The molecule has 11 heteroatoms. The zero-order valence-corrected chi connectivity index (χ0v) is 24.2. The Morgan fingerprint density at radius 2 is 0.973 bits per heavy atom. The Morgan fingerprint density at radius 3 is 1.30 bits per heavy atom. The molecule has 0 spiro atoms. The number of benzene rings is 2. The standard InChI is InChI=1S/C26H40O8P2S/c1-25(33-35(27,28)29,23-15-7-3-8-16-23)19-11-5-13-21-37-22-14-6-12-20-26(2,34-36(30,31)32)24-17-9-4-10-18-24/h3-4,7-10,15-18H,5-6,11-14,19-22H2,1-2H3,(H2,27,28,29)(H2,30,31,32). The summed E-state index contributed by atoms with van der Waals surface area (Å²) in [5, 5.41) is 0. The van der Waals surface area contributed by atoms with Crippen LogP contribution in [0.5, 0.6) is 0 Å². The summed E-state index contributed by atoms with van der Waals surface area (Å²) in [5.74, 6) is 2.01. The topological polar surface area (TPSA) is 134 Å². The van der Waals surface area contributed by atoms with Gasteiger partial charge in [-0.15, -0.1) is 0 Å². The van der Waals surface area contributed by atoms with Crippen LogP contribution >= 0.6 is 27.4 Å². The van der Waals surface area contributed by atoms with Gasteiger partial charge in [0.25, 0.3) is 0 Å². The molecule has 8 nitrogen and oxygen atoms in total. The molecule has 0 aliphatic rings. The maximum absolute atomic E-state index is 11.5. The summed E-state index contributed by atoms with van der Waals surface area (Å²) < 4.78 is 33.4. The Kier molecular flexibility index (Phi) is 13.0. The second-order valence-electron chi connectivity index (χ2n) is 9.59. The van der Waals surface area contributed by atoms with Crippen LogP contribution in [-0.4, -0.2) is 31.1 Å². The molecule has 2 aromatic carbocycles. The molecule has 0 saturated carbocycles. The van der Waals surface area contributed by atoms with E-state index in [-0.39, 0.29) is 0 Å². The highest BCUT2D eigenvalue weighted by Gasteiger charge is 2.35. The van der Waals surface area contributed by atoms with Crippen molar-refractivity contribution in [3.8, 4) is 0 Å². The van der Waals surface area contributed by atoms with E-state index in [9.17, 15) is 28.7 Å². The van der Waals surface area contributed by atoms with Crippen LogP contribution in [0.2, 0.25) is 0 Å². The predicted octanol–water partition coefficient (Wildman–Crippen LogP) is 6.89. The van der Waals surface area contributed by atoms with Gasteiger partial charge in [-0.1, -0.05) is 86.3 Å². The summed E-state index contributed by atoms with van der Waals surface area (Å²) >= 11 is 1.87. The van der Waals surface area contributed by atoms with Crippen LogP contribution in [0.25, 0.3) is 0 Å². The first-order valence-corrected chi connectivity index (χ1v) is 16.8. The van der Waals surface area contributed by atoms with Crippen LogP contribution < -0.4 is 0 Å². The van der Waals surface area contributed by atoms with Crippen LogP contribution in [0.15, 0.2) is 60.7 Å². The van der Waals surface area contributed by atoms with Crippen molar-refractivity contribution < 1.29 is 37.8 Å². The van der Waals surface area contributed by atoms with E-state index in [0.29, 0.717) is 12.8 Å². The quantitative estimate of drug-likeness (QED) is 0.111. The third-order valence-corrected chi connectivity index (χ3v) is 8.73. The number of phosphoric ester groups is 2. The van der Waals surface area contributed by atoms with Gasteiger partial charge in [-0.2, -0.15) is 11.8 Å². The molecule has 0 aliphatic carbocycles. The van der Waals surface area contributed by atoms with Crippen LogP contribution in [0.1, 0.15) is 76.3 Å². The first-order valence-electron chi connectivity index (χ1n) is 12.5. The van der Waals surface area contributed by atoms with E-state index >= 15 is 0 Å². The highest BCUT2D eigenvalue weighted by Crippen LogP contribution is 2.48. The van der Waals surface area contributed by atoms with Gasteiger partial charge in [0.15, 0.2) is 0 Å². The molecule has 2 rings (SSSR count). The van der Waals surface area contributed by atoms with E-state index in [1.165, 1.54) is 0 Å². The maximum Gasteiger partial charge on any atom is 0.470 e. The first-order chi connectivity index (χ1) is 17.3. The highest BCUT2D eigenvalue weighted by molar-refractivity contribution is 7.99. The van der Waals surface area contributed by atoms with E-state index in [2.05, 4.69) is 0 Å². The summed E-state index contributed by atoms with van der Waals surface area (Å²) in [6, 6.07) is 18.4. The molecule has 2 atom stereocenters. The molecule has 0 amide bonds. The van der Waals surface area contributed by atoms with Gasteiger partial charge in [-0.25, -0.2) is 9.13 Å². The lowest BCUT2D eigenvalue weighted by Gasteiger charge is -2.30. The summed E-state index contributed by atoms with van der Waals surface area (Å²) in [7, 11) is -9.24. The van der Waals surface area contributed by atoms with Crippen molar-refractivity contribution in [3.05, 3.63) is 71.8 Å². The van der Waals surface area contributed by atoms with Crippen molar-refractivity contribution in [1.29, 1.82) is 0 Å². The molecule has 2 aromatic rings.